The summed E-state index contributed by atoms with van der Waals surface area (Å²) in [5, 5.41) is 10.9. The van der Waals surface area contributed by atoms with E-state index in [4.69, 9.17) is 4.74 Å². The van der Waals surface area contributed by atoms with Crippen LogP contribution in [0.5, 0.6) is 5.88 Å². The van der Waals surface area contributed by atoms with Crippen molar-refractivity contribution < 1.29 is 9.66 Å². The van der Waals surface area contributed by atoms with Crippen molar-refractivity contribution in [3.63, 3.8) is 0 Å². The van der Waals surface area contributed by atoms with Gasteiger partial charge in [-0.3, -0.25) is 24.3 Å². The summed E-state index contributed by atoms with van der Waals surface area (Å²) in [6.07, 6.45) is 0. The zero-order valence-corrected chi connectivity index (χ0v) is 10.2. The number of aryl methyl sites for hydroxylation is 1. The molecule has 1 N–H and O–H groups in total. The van der Waals surface area contributed by atoms with Crippen molar-refractivity contribution in [3.8, 4) is 5.88 Å². The Kier molecular flexibility index (Phi) is 3.03. The van der Waals surface area contributed by atoms with Crippen molar-refractivity contribution in [3.05, 3.63) is 36.9 Å². The Hall–Kier alpha value is -2.71. The number of nitrogens with one attached hydrogen (secondary N) is 1. The normalized spacial score (nSPS) is 10.6. The van der Waals surface area contributed by atoms with E-state index in [0.29, 0.717) is 0 Å². The monoisotopic (exact) mass is 266 g/mol. The summed E-state index contributed by atoms with van der Waals surface area (Å²) in [6.45, 7) is 1.88. The summed E-state index contributed by atoms with van der Waals surface area (Å²) in [7, 11) is 1.24. The van der Waals surface area contributed by atoms with Gasteiger partial charge < -0.3 is 9.72 Å². The van der Waals surface area contributed by atoms with Crippen LogP contribution in [0.3, 0.4) is 0 Å². The Balaban J connectivity index is 2.97. The fourth-order valence-electron chi connectivity index (χ4n) is 1.74. The Labute approximate surface area is 105 Å². The standard InChI is InChI=1S/C10H10N4O5/c1-3-13-7-5(11-8(15)10(13)16)4-6(14(17)18)9(12-7)19-2/h4H,3H2,1-2H3,(H,11,15). The molecule has 0 aliphatic rings. The molecule has 19 heavy (non-hydrogen) atoms. The lowest BCUT2D eigenvalue weighted by Crippen LogP contribution is -2.36. The smallest absolute Gasteiger partial charge is 0.333 e. The largest absolute Gasteiger partial charge is 0.476 e. The van der Waals surface area contributed by atoms with Gasteiger partial charge >= 0.3 is 16.8 Å². The number of pyridine rings is 1. The zero-order chi connectivity index (χ0) is 14.2. The molecular weight excluding hydrogens is 256 g/mol. The lowest BCUT2D eigenvalue weighted by molar-refractivity contribution is -0.386. The summed E-state index contributed by atoms with van der Waals surface area (Å²) < 4.78 is 5.95. The number of methoxy groups -OCH3 is 1. The van der Waals surface area contributed by atoms with E-state index in [1.807, 2.05) is 0 Å². The van der Waals surface area contributed by atoms with Crippen LogP contribution in [0.15, 0.2) is 15.7 Å². The first-order valence-corrected chi connectivity index (χ1v) is 5.35. The molecular formula is C10H10N4O5. The maximum absolute atomic E-state index is 11.6. The molecule has 0 aliphatic carbocycles. The highest BCUT2D eigenvalue weighted by molar-refractivity contribution is 5.74. The van der Waals surface area contributed by atoms with E-state index >= 15 is 0 Å². The van der Waals surface area contributed by atoms with Gasteiger partial charge in [0.25, 0.3) is 5.88 Å². The highest BCUT2D eigenvalue weighted by Crippen LogP contribution is 2.26. The molecule has 0 amide bonds. The Bertz CT molecular complexity index is 776. The third kappa shape index (κ3) is 1.94. The van der Waals surface area contributed by atoms with Crippen molar-refractivity contribution >= 4 is 16.9 Å². The van der Waals surface area contributed by atoms with Crippen molar-refractivity contribution in [2.75, 3.05) is 7.11 Å². The fourth-order valence-corrected chi connectivity index (χ4v) is 1.74. The SMILES string of the molecule is CCn1c(=O)c(=O)[nH]c2cc([N+](=O)[O-])c(OC)nc21. The first-order chi connectivity index (χ1) is 8.99. The molecule has 0 aromatic carbocycles. The number of fused-ring (bicyclic) bond motifs is 1. The van der Waals surface area contributed by atoms with Crippen LogP contribution >= 0.6 is 0 Å². The van der Waals surface area contributed by atoms with Gasteiger partial charge in [0.15, 0.2) is 5.65 Å². The highest BCUT2D eigenvalue weighted by Gasteiger charge is 2.20. The molecule has 2 rings (SSSR count). The molecule has 0 bridgehead atoms. The van der Waals surface area contributed by atoms with Crippen LogP contribution in [0.25, 0.3) is 11.2 Å². The molecule has 0 aliphatic heterocycles. The van der Waals surface area contributed by atoms with E-state index in [2.05, 4.69) is 9.97 Å². The van der Waals surface area contributed by atoms with E-state index in [9.17, 15) is 19.7 Å². The minimum absolute atomic E-state index is 0.110. The maximum atomic E-state index is 11.6. The van der Waals surface area contributed by atoms with Crippen LogP contribution in [0.4, 0.5) is 5.69 Å². The summed E-state index contributed by atoms with van der Waals surface area (Å²) >= 11 is 0. The maximum Gasteiger partial charge on any atom is 0.333 e. The predicted octanol–water partition coefficient (Wildman–Crippen LogP) is 0.0215. The van der Waals surface area contributed by atoms with E-state index in [-0.39, 0.29) is 29.3 Å². The molecule has 100 valence electrons. The number of rotatable bonds is 3. The molecule has 2 aromatic heterocycles. The molecule has 2 aromatic rings. The first-order valence-electron chi connectivity index (χ1n) is 5.35. The van der Waals surface area contributed by atoms with Crippen LogP contribution < -0.4 is 15.9 Å². The van der Waals surface area contributed by atoms with Gasteiger partial charge in [-0.05, 0) is 6.92 Å². The zero-order valence-electron chi connectivity index (χ0n) is 10.2. The number of aromatic nitrogens is 3. The number of aromatic amines is 1. The van der Waals surface area contributed by atoms with Crippen LogP contribution in [-0.2, 0) is 6.54 Å². The molecule has 0 unspecified atom stereocenters. The summed E-state index contributed by atoms with van der Waals surface area (Å²) in [6, 6.07) is 1.12. The molecule has 9 heteroatoms. The van der Waals surface area contributed by atoms with Crippen molar-refractivity contribution in [1.29, 1.82) is 0 Å². The van der Waals surface area contributed by atoms with Gasteiger partial charge in [0.1, 0.15) is 0 Å². The first kappa shape index (κ1) is 12.7. The summed E-state index contributed by atoms with van der Waals surface area (Å²) in [5.41, 5.74) is -1.76. The number of H-pyrrole nitrogens is 1. The highest BCUT2D eigenvalue weighted by atomic mass is 16.6. The van der Waals surface area contributed by atoms with Gasteiger partial charge in [0, 0.05) is 12.6 Å². The van der Waals surface area contributed by atoms with Crippen LogP contribution in [0, 0.1) is 10.1 Å². The minimum Gasteiger partial charge on any atom is -0.476 e. The Morgan fingerprint density at radius 2 is 2.21 bits per heavy atom. The minimum atomic E-state index is -0.851. The number of hydrogen-bond acceptors (Lipinski definition) is 6. The van der Waals surface area contributed by atoms with Gasteiger partial charge in [-0.25, -0.2) is 0 Å². The van der Waals surface area contributed by atoms with E-state index in [0.717, 1.165) is 10.6 Å². The third-order valence-electron chi connectivity index (χ3n) is 2.60. The molecule has 0 atom stereocenters. The number of hydrogen-bond donors (Lipinski definition) is 1. The van der Waals surface area contributed by atoms with Crippen molar-refractivity contribution in [2.45, 2.75) is 13.5 Å². The van der Waals surface area contributed by atoms with E-state index in [1.54, 1.807) is 6.92 Å². The van der Waals surface area contributed by atoms with Gasteiger partial charge in [-0.15, -0.1) is 0 Å². The topological polar surface area (TPSA) is 120 Å². The Morgan fingerprint density at radius 1 is 1.53 bits per heavy atom. The van der Waals surface area contributed by atoms with Gasteiger partial charge in [0.2, 0.25) is 0 Å². The predicted molar refractivity (Wildman–Crippen MR) is 65.5 cm³/mol. The average molecular weight is 266 g/mol. The Morgan fingerprint density at radius 3 is 2.74 bits per heavy atom. The lowest BCUT2D eigenvalue weighted by atomic mass is 10.3. The second-order valence-electron chi connectivity index (χ2n) is 3.65. The van der Waals surface area contributed by atoms with Crippen LogP contribution in [0.2, 0.25) is 0 Å². The molecule has 0 saturated heterocycles. The van der Waals surface area contributed by atoms with E-state index in [1.165, 1.54) is 7.11 Å². The van der Waals surface area contributed by atoms with Gasteiger partial charge in [-0.2, -0.15) is 4.98 Å². The summed E-state index contributed by atoms with van der Waals surface area (Å²) in [4.78, 5) is 39.4. The lowest BCUT2D eigenvalue weighted by Gasteiger charge is -2.07. The number of nitro groups is 1. The van der Waals surface area contributed by atoms with Crippen molar-refractivity contribution in [2.24, 2.45) is 0 Å². The van der Waals surface area contributed by atoms with Gasteiger partial charge in [0.05, 0.1) is 17.5 Å². The molecule has 9 nitrogen and oxygen atoms in total. The van der Waals surface area contributed by atoms with Crippen LogP contribution in [-0.4, -0.2) is 26.6 Å². The number of nitrogens with zero attached hydrogens (tertiary/aromatic N) is 3. The van der Waals surface area contributed by atoms with Crippen LogP contribution in [0.1, 0.15) is 6.92 Å². The summed E-state index contributed by atoms with van der Waals surface area (Å²) in [5.74, 6) is -0.217. The fraction of sp³-hybridized carbons (Fsp3) is 0.300. The quantitative estimate of drug-likeness (QED) is 0.475. The van der Waals surface area contributed by atoms with E-state index < -0.39 is 16.0 Å². The molecule has 0 fully saturated rings. The molecule has 0 radical (unpaired) electrons. The number of ether oxygens (including phenoxy) is 1. The average Bonchev–Trinajstić information content (AvgIpc) is 2.39. The second-order valence-corrected chi connectivity index (χ2v) is 3.65. The molecule has 2 heterocycles. The molecule has 0 saturated carbocycles. The molecule has 0 spiro atoms. The van der Waals surface area contributed by atoms with Crippen molar-refractivity contribution in [1.82, 2.24) is 14.5 Å². The third-order valence-corrected chi connectivity index (χ3v) is 2.60. The van der Waals surface area contributed by atoms with Gasteiger partial charge in [-0.1, -0.05) is 0 Å². The second kappa shape index (κ2) is 4.52.